The predicted molar refractivity (Wildman–Crippen MR) is 122 cm³/mol. The number of nitrogens with zero attached hydrogens (tertiary/aromatic N) is 4. The molecule has 0 saturated heterocycles. The molecule has 0 amide bonds. The molecule has 1 aliphatic heterocycles. The molecule has 0 fully saturated rings. The summed E-state index contributed by atoms with van der Waals surface area (Å²) in [5.41, 5.74) is 3.22. The van der Waals surface area contributed by atoms with Crippen LogP contribution in [0, 0.1) is 0 Å². The Bertz CT molecular complexity index is 1180. The van der Waals surface area contributed by atoms with Crippen molar-refractivity contribution < 1.29 is 9.47 Å². The number of aromatic nitrogens is 4. The number of thioether (sulfide) groups is 1. The van der Waals surface area contributed by atoms with Crippen molar-refractivity contribution in [2.24, 2.45) is 7.05 Å². The zero-order valence-electron chi connectivity index (χ0n) is 16.6. The Labute approximate surface area is 186 Å². The van der Waals surface area contributed by atoms with Crippen molar-refractivity contribution >= 4 is 34.4 Å². The van der Waals surface area contributed by atoms with Crippen LogP contribution < -0.4 is 9.47 Å². The fourth-order valence-electron chi connectivity index (χ4n) is 3.24. The van der Waals surface area contributed by atoms with E-state index < -0.39 is 0 Å². The Balaban J connectivity index is 1.27. The predicted octanol–water partition coefficient (Wildman–Crippen LogP) is 5.64. The summed E-state index contributed by atoms with van der Waals surface area (Å²) in [6, 6.07) is 8.17. The number of aryl methyl sites for hydroxylation is 1. The number of rotatable bonds is 7. The van der Waals surface area contributed by atoms with Crippen LogP contribution in [0.3, 0.4) is 0 Å². The normalized spacial score (nSPS) is 12.6. The monoisotopic (exact) mass is 456 g/mol. The van der Waals surface area contributed by atoms with Gasteiger partial charge in [0.25, 0.3) is 0 Å². The van der Waals surface area contributed by atoms with E-state index in [-0.39, 0.29) is 6.79 Å². The molecule has 0 N–H and O–H groups in total. The third kappa shape index (κ3) is 3.84. The molecule has 4 aromatic rings. The summed E-state index contributed by atoms with van der Waals surface area (Å²) in [6.07, 6.45) is 2.27. The Morgan fingerprint density at radius 2 is 1.97 bits per heavy atom. The zero-order chi connectivity index (χ0) is 20.5. The Hall–Kier alpha value is -2.36. The highest BCUT2D eigenvalue weighted by atomic mass is 32.2. The quantitative estimate of drug-likeness (QED) is 0.335. The number of benzene rings is 1. The Morgan fingerprint density at radius 1 is 1.07 bits per heavy atom. The molecule has 0 spiro atoms. The molecule has 0 aliphatic carbocycles. The second-order valence-electron chi connectivity index (χ2n) is 6.92. The van der Waals surface area contributed by atoms with Crippen LogP contribution in [0.4, 0.5) is 0 Å². The SMILES string of the molecule is CCCc1cc(-c2nnc(SCc3csc(-c4ccc5c(c4)OCO5)n3)n2C)cs1. The Kier molecular flexibility index (Phi) is 5.49. The number of hydrogen-bond donors (Lipinski definition) is 0. The first-order valence-electron chi connectivity index (χ1n) is 9.65. The molecule has 3 aromatic heterocycles. The average molecular weight is 457 g/mol. The molecule has 5 rings (SSSR count). The van der Waals surface area contributed by atoms with Crippen molar-refractivity contribution in [2.75, 3.05) is 6.79 Å². The summed E-state index contributed by atoms with van der Waals surface area (Å²) in [7, 11) is 2.02. The molecule has 0 radical (unpaired) electrons. The maximum absolute atomic E-state index is 5.47. The fourth-order valence-corrected chi connectivity index (χ4v) is 5.94. The van der Waals surface area contributed by atoms with E-state index in [0.717, 1.165) is 62.9 Å². The lowest BCUT2D eigenvalue weighted by atomic mass is 10.2. The number of thiophene rings is 1. The van der Waals surface area contributed by atoms with Gasteiger partial charge in [-0.3, -0.25) is 0 Å². The van der Waals surface area contributed by atoms with Gasteiger partial charge in [-0.1, -0.05) is 25.1 Å². The molecule has 0 saturated carbocycles. The summed E-state index contributed by atoms with van der Waals surface area (Å²) in [5.74, 6) is 3.23. The molecule has 0 unspecified atom stereocenters. The van der Waals surface area contributed by atoms with Gasteiger partial charge >= 0.3 is 0 Å². The summed E-state index contributed by atoms with van der Waals surface area (Å²) in [4.78, 5) is 6.18. The summed E-state index contributed by atoms with van der Waals surface area (Å²) in [5, 5.41) is 14.9. The molecule has 9 heteroatoms. The number of fused-ring (bicyclic) bond motifs is 1. The standard InChI is InChI=1S/C21H20N4O2S3/c1-3-4-16-7-14(9-28-16)19-23-24-21(25(19)2)30-11-15-10-29-20(22-15)13-5-6-17-18(8-13)27-12-26-17/h5-10H,3-4,11-12H2,1-2H3. The largest absolute Gasteiger partial charge is 0.454 e. The summed E-state index contributed by atoms with van der Waals surface area (Å²) < 4.78 is 12.9. The van der Waals surface area contributed by atoms with Gasteiger partial charge in [0.2, 0.25) is 6.79 Å². The minimum atomic E-state index is 0.281. The van der Waals surface area contributed by atoms with Gasteiger partial charge in [0.15, 0.2) is 22.5 Å². The van der Waals surface area contributed by atoms with E-state index in [1.165, 1.54) is 4.88 Å². The molecule has 30 heavy (non-hydrogen) atoms. The van der Waals surface area contributed by atoms with Gasteiger partial charge in [-0.2, -0.15) is 0 Å². The molecule has 4 heterocycles. The van der Waals surface area contributed by atoms with Crippen LogP contribution in [-0.2, 0) is 19.2 Å². The van der Waals surface area contributed by atoms with E-state index in [2.05, 4.69) is 38.5 Å². The lowest BCUT2D eigenvalue weighted by Crippen LogP contribution is -1.94. The number of hydrogen-bond acceptors (Lipinski definition) is 8. The highest BCUT2D eigenvalue weighted by Gasteiger charge is 2.16. The van der Waals surface area contributed by atoms with E-state index in [0.29, 0.717) is 0 Å². The second kappa shape index (κ2) is 8.41. The first-order chi connectivity index (χ1) is 14.7. The minimum Gasteiger partial charge on any atom is -0.454 e. The lowest BCUT2D eigenvalue weighted by molar-refractivity contribution is 0.174. The van der Waals surface area contributed by atoms with Gasteiger partial charge in [0.1, 0.15) is 5.01 Å². The molecule has 1 aliphatic rings. The van der Waals surface area contributed by atoms with Crippen LogP contribution in [0.15, 0.2) is 40.2 Å². The molecular formula is C21H20N4O2S3. The van der Waals surface area contributed by atoms with E-state index in [9.17, 15) is 0 Å². The van der Waals surface area contributed by atoms with E-state index in [1.54, 1.807) is 34.4 Å². The average Bonchev–Trinajstić information content (AvgIpc) is 3.53. The zero-order valence-corrected chi connectivity index (χ0v) is 19.1. The van der Waals surface area contributed by atoms with Gasteiger partial charge < -0.3 is 14.0 Å². The van der Waals surface area contributed by atoms with Gasteiger partial charge in [-0.25, -0.2) is 4.98 Å². The number of thiazole rings is 1. The van der Waals surface area contributed by atoms with Crippen LogP contribution in [0.25, 0.3) is 22.0 Å². The van der Waals surface area contributed by atoms with Crippen LogP contribution in [0.2, 0.25) is 0 Å². The van der Waals surface area contributed by atoms with Crippen molar-refractivity contribution in [3.63, 3.8) is 0 Å². The summed E-state index contributed by atoms with van der Waals surface area (Å²) >= 11 is 5.08. The third-order valence-corrected chi connectivity index (χ3v) is 7.75. The highest BCUT2D eigenvalue weighted by Crippen LogP contribution is 2.37. The van der Waals surface area contributed by atoms with Crippen molar-refractivity contribution in [3.05, 3.63) is 45.6 Å². The van der Waals surface area contributed by atoms with Crippen LogP contribution in [0.5, 0.6) is 11.5 Å². The van der Waals surface area contributed by atoms with Crippen LogP contribution in [-0.4, -0.2) is 26.5 Å². The van der Waals surface area contributed by atoms with Crippen LogP contribution >= 0.6 is 34.4 Å². The van der Waals surface area contributed by atoms with Crippen molar-refractivity contribution in [1.82, 2.24) is 19.7 Å². The molecular weight excluding hydrogens is 436 g/mol. The first kappa shape index (κ1) is 19.6. The summed E-state index contributed by atoms with van der Waals surface area (Å²) in [6.45, 7) is 2.48. The minimum absolute atomic E-state index is 0.281. The van der Waals surface area contributed by atoms with E-state index in [4.69, 9.17) is 14.5 Å². The molecule has 154 valence electrons. The third-order valence-electron chi connectivity index (χ3n) is 4.76. The van der Waals surface area contributed by atoms with E-state index >= 15 is 0 Å². The van der Waals surface area contributed by atoms with E-state index in [1.807, 2.05) is 25.2 Å². The molecule has 6 nitrogen and oxygen atoms in total. The topological polar surface area (TPSA) is 62.1 Å². The Morgan fingerprint density at radius 3 is 2.87 bits per heavy atom. The van der Waals surface area contributed by atoms with Crippen LogP contribution in [0.1, 0.15) is 23.9 Å². The molecule has 0 atom stereocenters. The van der Waals surface area contributed by atoms with Gasteiger partial charge in [-0.05, 0) is 30.7 Å². The van der Waals surface area contributed by atoms with Gasteiger partial charge in [0.05, 0.1) is 5.69 Å². The fraction of sp³-hybridized carbons (Fsp3) is 0.286. The maximum atomic E-state index is 5.47. The first-order valence-corrected chi connectivity index (χ1v) is 12.4. The van der Waals surface area contributed by atoms with Gasteiger partial charge in [-0.15, -0.1) is 32.9 Å². The van der Waals surface area contributed by atoms with Crippen molar-refractivity contribution in [1.29, 1.82) is 0 Å². The highest BCUT2D eigenvalue weighted by molar-refractivity contribution is 7.98. The van der Waals surface area contributed by atoms with Gasteiger partial charge in [0, 0.05) is 39.6 Å². The lowest BCUT2D eigenvalue weighted by Gasteiger charge is -2.02. The second-order valence-corrected chi connectivity index (χ2v) is 9.71. The smallest absolute Gasteiger partial charge is 0.231 e. The number of ether oxygens (including phenoxy) is 2. The van der Waals surface area contributed by atoms with Crippen molar-refractivity contribution in [2.45, 2.75) is 30.7 Å². The van der Waals surface area contributed by atoms with Crippen molar-refractivity contribution in [3.8, 4) is 33.5 Å². The molecule has 0 bridgehead atoms. The maximum Gasteiger partial charge on any atom is 0.231 e. The molecule has 1 aromatic carbocycles.